The SMILES string of the molecule is CN(Cc1ccncc1)c1cccc(Cl)c1C(N)=NO. The van der Waals surface area contributed by atoms with Crippen LogP contribution < -0.4 is 10.6 Å². The summed E-state index contributed by atoms with van der Waals surface area (Å²) in [5.74, 6) is -0.00724. The fourth-order valence-electron chi connectivity index (χ4n) is 1.98. The Labute approximate surface area is 122 Å². The number of hydrogen-bond acceptors (Lipinski definition) is 4. The lowest BCUT2D eigenvalue weighted by molar-refractivity contribution is 0.318. The lowest BCUT2D eigenvalue weighted by atomic mass is 10.1. The molecule has 2 rings (SSSR count). The molecule has 0 atom stereocenters. The Bertz CT molecular complexity index is 616. The van der Waals surface area contributed by atoms with E-state index in [-0.39, 0.29) is 5.84 Å². The molecule has 0 aliphatic rings. The van der Waals surface area contributed by atoms with Crippen LogP contribution in [0.25, 0.3) is 0 Å². The van der Waals surface area contributed by atoms with Gasteiger partial charge in [0.25, 0.3) is 0 Å². The van der Waals surface area contributed by atoms with Crippen molar-refractivity contribution in [2.24, 2.45) is 10.9 Å². The molecular formula is C14H15ClN4O. The quantitative estimate of drug-likeness (QED) is 0.393. The second-order valence-corrected chi connectivity index (χ2v) is 4.74. The Morgan fingerprint density at radius 1 is 1.35 bits per heavy atom. The molecule has 3 N–H and O–H groups in total. The number of nitrogens with zero attached hydrogens (tertiary/aromatic N) is 3. The minimum Gasteiger partial charge on any atom is -0.409 e. The maximum atomic E-state index is 8.89. The molecule has 0 saturated carbocycles. The van der Waals surface area contributed by atoms with Crippen molar-refractivity contribution < 1.29 is 5.21 Å². The molecule has 1 aromatic heterocycles. The number of rotatable bonds is 4. The first-order chi connectivity index (χ1) is 9.63. The molecule has 1 aromatic carbocycles. The van der Waals surface area contributed by atoms with E-state index in [0.29, 0.717) is 17.1 Å². The Morgan fingerprint density at radius 2 is 2.05 bits per heavy atom. The molecule has 6 heteroatoms. The maximum Gasteiger partial charge on any atom is 0.173 e. The Hall–Kier alpha value is -2.27. The summed E-state index contributed by atoms with van der Waals surface area (Å²) < 4.78 is 0. The number of anilines is 1. The predicted octanol–water partition coefficient (Wildman–Crippen LogP) is 2.47. The van der Waals surface area contributed by atoms with E-state index in [1.54, 1.807) is 18.5 Å². The third-order valence-corrected chi connectivity index (χ3v) is 3.25. The van der Waals surface area contributed by atoms with Crippen LogP contribution in [-0.2, 0) is 6.54 Å². The third kappa shape index (κ3) is 3.00. The summed E-state index contributed by atoms with van der Waals surface area (Å²) >= 11 is 6.14. The lowest BCUT2D eigenvalue weighted by Gasteiger charge is -2.22. The van der Waals surface area contributed by atoms with E-state index in [1.165, 1.54) is 0 Å². The van der Waals surface area contributed by atoms with E-state index in [1.807, 2.05) is 36.2 Å². The first-order valence-corrected chi connectivity index (χ1v) is 6.37. The van der Waals surface area contributed by atoms with Gasteiger partial charge in [-0.1, -0.05) is 22.8 Å². The molecule has 0 aliphatic carbocycles. The number of pyridine rings is 1. The van der Waals surface area contributed by atoms with Crippen molar-refractivity contribution in [1.29, 1.82) is 0 Å². The van der Waals surface area contributed by atoms with E-state index in [9.17, 15) is 0 Å². The Morgan fingerprint density at radius 3 is 2.70 bits per heavy atom. The molecule has 0 spiro atoms. The van der Waals surface area contributed by atoms with E-state index >= 15 is 0 Å². The highest BCUT2D eigenvalue weighted by molar-refractivity contribution is 6.34. The molecule has 104 valence electrons. The zero-order valence-corrected chi connectivity index (χ0v) is 11.7. The summed E-state index contributed by atoms with van der Waals surface area (Å²) in [5, 5.41) is 12.4. The van der Waals surface area contributed by atoms with Crippen LogP contribution in [-0.4, -0.2) is 23.1 Å². The molecule has 0 amide bonds. The Balaban J connectivity index is 2.35. The van der Waals surface area contributed by atoms with Crippen molar-refractivity contribution in [2.75, 3.05) is 11.9 Å². The molecule has 5 nitrogen and oxygen atoms in total. The van der Waals surface area contributed by atoms with Gasteiger partial charge in [-0.15, -0.1) is 0 Å². The lowest BCUT2D eigenvalue weighted by Crippen LogP contribution is -2.23. The van der Waals surface area contributed by atoms with Gasteiger partial charge in [0, 0.05) is 31.7 Å². The third-order valence-electron chi connectivity index (χ3n) is 2.94. The highest BCUT2D eigenvalue weighted by atomic mass is 35.5. The molecule has 0 unspecified atom stereocenters. The van der Waals surface area contributed by atoms with Crippen LogP contribution in [0.2, 0.25) is 5.02 Å². The van der Waals surface area contributed by atoms with Crippen molar-refractivity contribution in [3.8, 4) is 0 Å². The molecule has 2 aromatic rings. The standard InChI is InChI=1S/C14H15ClN4O/c1-19(9-10-5-7-17-8-6-10)12-4-2-3-11(15)13(12)14(16)18-20/h2-8,20H,9H2,1H3,(H2,16,18). The van der Waals surface area contributed by atoms with Gasteiger partial charge < -0.3 is 15.8 Å². The minimum atomic E-state index is -0.00724. The van der Waals surface area contributed by atoms with Crippen LogP contribution in [0.4, 0.5) is 5.69 Å². The van der Waals surface area contributed by atoms with E-state index in [0.717, 1.165) is 11.3 Å². The molecule has 0 fully saturated rings. The highest BCUT2D eigenvalue weighted by Crippen LogP contribution is 2.27. The number of hydrogen-bond donors (Lipinski definition) is 2. The van der Waals surface area contributed by atoms with Gasteiger partial charge in [0.2, 0.25) is 0 Å². The summed E-state index contributed by atoms with van der Waals surface area (Å²) in [7, 11) is 1.92. The van der Waals surface area contributed by atoms with E-state index in [2.05, 4.69) is 10.1 Å². The average molecular weight is 291 g/mol. The van der Waals surface area contributed by atoms with E-state index in [4.69, 9.17) is 22.5 Å². The predicted molar refractivity (Wildman–Crippen MR) is 80.3 cm³/mol. The second kappa shape index (κ2) is 6.25. The summed E-state index contributed by atoms with van der Waals surface area (Å²) in [6.45, 7) is 0.661. The van der Waals surface area contributed by atoms with Crippen LogP contribution >= 0.6 is 11.6 Å². The molecule has 0 aliphatic heterocycles. The van der Waals surface area contributed by atoms with Gasteiger partial charge in [-0.3, -0.25) is 4.98 Å². The highest BCUT2D eigenvalue weighted by Gasteiger charge is 2.14. The number of aromatic nitrogens is 1. The molecule has 1 heterocycles. The fourth-order valence-corrected chi connectivity index (χ4v) is 2.25. The fraction of sp³-hybridized carbons (Fsp3) is 0.143. The second-order valence-electron chi connectivity index (χ2n) is 4.33. The molecule has 0 saturated heterocycles. The topological polar surface area (TPSA) is 74.7 Å². The summed E-state index contributed by atoms with van der Waals surface area (Å²) in [4.78, 5) is 5.97. The molecule has 20 heavy (non-hydrogen) atoms. The van der Waals surface area contributed by atoms with Crippen molar-refractivity contribution in [1.82, 2.24) is 4.98 Å². The molecular weight excluding hydrogens is 276 g/mol. The normalized spacial score (nSPS) is 11.4. The van der Waals surface area contributed by atoms with Gasteiger partial charge in [-0.2, -0.15) is 0 Å². The smallest absolute Gasteiger partial charge is 0.173 e. The first kappa shape index (κ1) is 14.1. The first-order valence-electron chi connectivity index (χ1n) is 6.00. The van der Waals surface area contributed by atoms with Gasteiger partial charge in [-0.05, 0) is 29.8 Å². The monoisotopic (exact) mass is 290 g/mol. The van der Waals surface area contributed by atoms with Crippen molar-refractivity contribution >= 4 is 23.1 Å². The van der Waals surface area contributed by atoms with Gasteiger partial charge in [-0.25, -0.2) is 0 Å². The summed E-state index contributed by atoms with van der Waals surface area (Å²) in [6.07, 6.45) is 3.48. The van der Waals surface area contributed by atoms with Crippen molar-refractivity contribution in [2.45, 2.75) is 6.54 Å². The van der Waals surface area contributed by atoms with Crippen LogP contribution in [0.3, 0.4) is 0 Å². The molecule has 0 radical (unpaired) electrons. The van der Waals surface area contributed by atoms with Crippen molar-refractivity contribution in [3.63, 3.8) is 0 Å². The molecule has 0 bridgehead atoms. The maximum absolute atomic E-state index is 8.89. The van der Waals surface area contributed by atoms with Gasteiger partial charge in [0.1, 0.15) is 0 Å². The Kier molecular flexibility index (Phi) is 4.42. The van der Waals surface area contributed by atoms with Crippen LogP contribution in [0, 0.1) is 0 Å². The van der Waals surface area contributed by atoms with Crippen LogP contribution in [0.1, 0.15) is 11.1 Å². The summed E-state index contributed by atoms with van der Waals surface area (Å²) in [5.41, 5.74) is 8.13. The zero-order chi connectivity index (χ0) is 14.5. The zero-order valence-electron chi connectivity index (χ0n) is 11.0. The number of amidine groups is 1. The van der Waals surface area contributed by atoms with Gasteiger partial charge >= 0.3 is 0 Å². The van der Waals surface area contributed by atoms with Gasteiger partial charge in [0.15, 0.2) is 5.84 Å². The number of benzene rings is 1. The number of halogens is 1. The van der Waals surface area contributed by atoms with Crippen LogP contribution in [0.5, 0.6) is 0 Å². The number of oxime groups is 1. The largest absolute Gasteiger partial charge is 0.409 e. The minimum absolute atomic E-state index is 0.00724. The van der Waals surface area contributed by atoms with Gasteiger partial charge in [0.05, 0.1) is 10.6 Å². The van der Waals surface area contributed by atoms with Crippen LogP contribution in [0.15, 0.2) is 47.9 Å². The van der Waals surface area contributed by atoms with Crippen molar-refractivity contribution in [3.05, 3.63) is 58.9 Å². The van der Waals surface area contributed by atoms with E-state index < -0.39 is 0 Å². The summed E-state index contributed by atoms with van der Waals surface area (Å²) in [6, 6.07) is 9.28. The number of nitrogens with two attached hydrogens (primary N) is 1. The average Bonchev–Trinajstić information content (AvgIpc) is 2.47.